The fourth-order valence-corrected chi connectivity index (χ4v) is 2.67. The van der Waals surface area contributed by atoms with E-state index >= 15 is 0 Å². The van der Waals surface area contributed by atoms with Gasteiger partial charge in [-0.2, -0.15) is 0 Å². The second kappa shape index (κ2) is 6.64. The summed E-state index contributed by atoms with van der Waals surface area (Å²) in [6.45, 7) is 6.31. The lowest BCUT2D eigenvalue weighted by molar-refractivity contribution is 0.107. The molecule has 3 nitrogen and oxygen atoms in total. The molecule has 0 aliphatic rings. The van der Waals surface area contributed by atoms with Crippen LogP contribution < -0.4 is 9.47 Å². The third kappa shape index (κ3) is 3.76. The summed E-state index contributed by atoms with van der Waals surface area (Å²) in [5, 5.41) is 10.4. The second-order valence-electron chi connectivity index (χ2n) is 5.32. The molecular formula is C18H22O3. The van der Waals surface area contributed by atoms with Gasteiger partial charge in [0, 0.05) is 6.07 Å². The Morgan fingerprint density at radius 1 is 1.00 bits per heavy atom. The zero-order chi connectivity index (χ0) is 15.4. The maximum absolute atomic E-state index is 10.4. The molecule has 0 fully saturated rings. The van der Waals surface area contributed by atoms with Gasteiger partial charge in [-0.15, -0.1) is 0 Å². The van der Waals surface area contributed by atoms with Gasteiger partial charge in [0.15, 0.2) is 0 Å². The van der Waals surface area contributed by atoms with Crippen LogP contribution in [0.4, 0.5) is 0 Å². The average molecular weight is 286 g/mol. The van der Waals surface area contributed by atoms with E-state index in [9.17, 15) is 5.11 Å². The number of aryl methyl sites for hydroxylation is 3. The van der Waals surface area contributed by atoms with Crippen LogP contribution in [0.25, 0.3) is 0 Å². The highest BCUT2D eigenvalue weighted by atomic mass is 16.5. The van der Waals surface area contributed by atoms with Crippen molar-refractivity contribution in [1.29, 1.82) is 0 Å². The summed E-state index contributed by atoms with van der Waals surface area (Å²) < 4.78 is 10.8. The van der Waals surface area contributed by atoms with Crippen molar-refractivity contribution in [2.24, 2.45) is 0 Å². The van der Waals surface area contributed by atoms with Gasteiger partial charge in [-0.1, -0.05) is 23.8 Å². The van der Waals surface area contributed by atoms with Crippen LogP contribution in [-0.2, 0) is 0 Å². The van der Waals surface area contributed by atoms with E-state index in [0.717, 1.165) is 22.4 Å². The summed E-state index contributed by atoms with van der Waals surface area (Å²) in [4.78, 5) is 0. The first-order valence-corrected chi connectivity index (χ1v) is 7.04. The zero-order valence-corrected chi connectivity index (χ0v) is 13.0. The number of hydrogen-bond donors (Lipinski definition) is 1. The molecule has 0 spiro atoms. The number of ether oxygens (including phenoxy) is 2. The normalized spacial score (nSPS) is 12.0. The summed E-state index contributed by atoms with van der Waals surface area (Å²) in [5.41, 5.74) is 4.33. The Bertz CT molecular complexity index is 597. The number of aliphatic hydroxyl groups is 1. The van der Waals surface area contributed by atoms with Crippen LogP contribution >= 0.6 is 0 Å². The Morgan fingerprint density at radius 3 is 2.24 bits per heavy atom. The fourth-order valence-electron chi connectivity index (χ4n) is 2.67. The Hall–Kier alpha value is -2.00. The van der Waals surface area contributed by atoms with Crippen molar-refractivity contribution in [1.82, 2.24) is 0 Å². The Balaban J connectivity index is 2.10. The molecule has 2 aromatic rings. The maximum Gasteiger partial charge on any atom is 0.123 e. The highest BCUT2D eigenvalue weighted by molar-refractivity contribution is 5.39. The van der Waals surface area contributed by atoms with Gasteiger partial charge in [0.25, 0.3) is 0 Å². The molecule has 3 heteroatoms. The molecular weight excluding hydrogens is 264 g/mol. The van der Waals surface area contributed by atoms with Crippen molar-refractivity contribution in [3.05, 3.63) is 58.7 Å². The van der Waals surface area contributed by atoms with Gasteiger partial charge in [0.05, 0.1) is 7.11 Å². The molecule has 2 rings (SSSR count). The fraction of sp³-hybridized carbons (Fsp3) is 0.333. The van der Waals surface area contributed by atoms with Crippen molar-refractivity contribution in [3.63, 3.8) is 0 Å². The van der Waals surface area contributed by atoms with E-state index in [1.807, 2.05) is 38.1 Å². The molecule has 0 bridgehead atoms. The molecule has 2 aromatic carbocycles. The molecule has 21 heavy (non-hydrogen) atoms. The Labute approximate surface area is 126 Å². The third-order valence-electron chi connectivity index (χ3n) is 3.52. The quantitative estimate of drug-likeness (QED) is 0.910. The summed E-state index contributed by atoms with van der Waals surface area (Å²) >= 11 is 0. The van der Waals surface area contributed by atoms with E-state index in [-0.39, 0.29) is 6.61 Å². The SMILES string of the molecule is COc1cccc(OCC(O)c2c(C)cc(C)cc2C)c1. The van der Waals surface area contributed by atoms with Crippen molar-refractivity contribution < 1.29 is 14.6 Å². The van der Waals surface area contributed by atoms with E-state index in [0.29, 0.717) is 5.75 Å². The van der Waals surface area contributed by atoms with Crippen LogP contribution in [0.1, 0.15) is 28.4 Å². The zero-order valence-electron chi connectivity index (χ0n) is 13.0. The Morgan fingerprint density at radius 2 is 1.62 bits per heavy atom. The van der Waals surface area contributed by atoms with Gasteiger partial charge in [-0.05, 0) is 49.6 Å². The van der Waals surface area contributed by atoms with Crippen molar-refractivity contribution in [2.75, 3.05) is 13.7 Å². The van der Waals surface area contributed by atoms with Crippen LogP contribution in [0.2, 0.25) is 0 Å². The lowest BCUT2D eigenvalue weighted by Crippen LogP contribution is -2.12. The van der Waals surface area contributed by atoms with Gasteiger partial charge in [-0.3, -0.25) is 0 Å². The first-order chi connectivity index (χ1) is 10.0. The summed E-state index contributed by atoms with van der Waals surface area (Å²) in [5.74, 6) is 1.43. The van der Waals surface area contributed by atoms with E-state index in [2.05, 4.69) is 19.1 Å². The van der Waals surface area contributed by atoms with E-state index < -0.39 is 6.10 Å². The number of methoxy groups -OCH3 is 1. The highest BCUT2D eigenvalue weighted by Gasteiger charge is 2.14. The van der Waals surface area contributed by atoms with Gasteiger partial charge in [-0.25, -0.2) is 0 Å². The lowest BCUT2D eigenvalue weighted by Gasteiger charge is -2.18. The van der Waals surface area contributed by atoms with Crippen LogP contribution in [0, 0.1) is 20.8 Å². The molecule has 0 saturated carbocycles. The number of hydrogen-bond acceptors (Lipinski definition) is 3. The third-order valence-corrected chi connectivity index (χ3v) is 3.52. The van der Waals surface area contributed by atoms with Crippen LogP contribution in [-0.4, -0.2) is 18.8 Å². The van der Waals surface area contributed by atoms with Crippen molar-refractivity contribution in [2.45, 2.75) is 26.9 Å². The molecule has 0 heterocycles. The van der Waals surface area contributed by atoms with E-state index in [4.69, 9.17) is 9.47 Å². The second-order valence-corrected chi connectivity index (χ2v) is 5.32. The molecule has 0 aliphatic carbocycles. The van der Waals surface area contributed by atoms with Gasteiger partial charge in [0.1, 0.15) is 24.2 Å². The van der Waals surface area contributed by atoms with Gasteiger partial charge < -0.3 is 14.6 Å². The van der Waals surface area contributed by atoms with Crippen LogP contribution in [0.5, 0.6) is 11.5 Å². The van der Waals surface area contributed by atoms with Gasteiger partial charge in [0.2, 0.25) is 0 Å². The van der Waals surface area contributed by atoms with Crippen molar-refractivity contribution >= 4 is 0 Å². The molecule has 0 radical (unpaired) electrons. The minimum Gasteiger partial charge on any atom is -0.497 e. The summed E-state index contributed by atoms with van der Waals surface area (Å²) in [7, 11) is 1.62. The van der Waals surface area contributed by atoms with E-state index in [1.165, 1.54) is 5.56 Å². The monoisotopic (exact) mass is 286 g/mol. The maximum atomic E-state index is 10.4. The van der Waals surface area contributed by atoms with Crippen LogP contribution in [0.15, 0.2) is 36.4 Å². The average Bonchev–Trinajstić information content (AvgIpc) is 2.44. The summed E-state index contributed by atoms with van der Waals surface area (Å²) in [6.07, 6.45) is -0.642. The minimum absolute atomic E-state index is 0.220. The number of aliphatic hydroxyl groups excluding tert-OH is 1. The molecule has 0 aromatic heterocycles. The topological polar surface area (TPSA) is 38.7 Å². The molecule has 1 N–H and O–H groups in total. The van der Waals surface area contributed by atoms with Crippen LogP contribution in [0.3, 0.4) is 0 Å². The standard InChI is InChI=1S/C18H22O3/c1-12-8-13(2)18(14(3)9-12)17(19)11-21-16-7-5-6-15(10-16)20-4/h5-10,17,19H,11H2,1-4H3. The lowest BCUT2D eigenvalue weighted by atomic mass is 9.96. The molecule has 112 valence electrons. The Kier molecular flexibility index (Phi) is 4.86. The molecule has 1 unspecified atom stereocenters. The summed E-state index contributed by atoms with van der Waals surface area (Å²) in [6, 6.07) is 11.5. The van der Waals surface area contributed by atoms with Gasteiger partial charge >= 0.3 is 0 Å². The first kappa shape index (κ1) is 15.4. The first-order valence-electron chi connectivity index (χ1n) is 7.04. The highest BCUT2D eigenvalue weighted by Crippen LogP contribution is 2.25. The number of benzene rings is 2. The minimum atomic E-state index is -0.642. The molecule has 0 amide bonds. The molecule has 1 atom stereocenters. The number of rotatable bonds is 5. The largest absolute Gasteiger partial charge is 0.497 e. The predicted octanol–water partition coefficient (Wildman–Crippen LogP) is 3.73. The predicted molar refractivity (Wildman–Crippen MR) is 84.1 cm³/mol. The smallest absolute Gasteiger partial charge is 0.123 e. The molecule has 0 aliphatic heterocycles. The van der Waals surface area contributed by atoms with Crippen molar-refractivity contribution in [3.8, 4) is 11.5 Å². The molecule has 0 saturated heterocycles. The van der Waals surface area contributed by atoms with E-state index in [1.54, 1.807) is 7.11 Å².